The molecule has 9 heteroatoms. The number of carbonyl (C=O) groups excluding carboxylic acids is 1. The summed E-state index contributed by atoms with van der Waals surface area (Å²) in [5, 5.41) is 16.1. The summed E-state index contributed by atoms with van der Waals surface area (Å²) in [6.07, 6.45) is 0. The summed E-state index contributed by atoms with van der Waals surface area (Å²) in [6, 6.07) is 2.62. The molecular weight excluding hydrogens is 252 g/mol. The van der Waals surface area contributed by atoms with Gasteiger partial charge >= 0.3 is 5.69 Å². The fraction of sp³-hybridized carbons (Fsp3) is 0.400. The molecule has 0 aliphatic carbocycles. The minimum Gasteiger partial charge on any atom is -0.355 e. The summed E-state index contributed by atoms with van der Waals surface area (Å²) in [4.78, 5) is 25.6. The molecule has 0 atom stereocenters. The number of hydrazine groups is 1. The highest BCUT2D eigenvalue weighted by atomic mass is 16.6. The molecule has 0 spiro atoms. The van der Waals surface area contributed by atoms with Gasteiger partial charge in [0.1, 0.15) is 5.82 Å². The standard InChI is InChI=1S/C10H16N6O3/c1-6(2)13-9(17)5-12-10-7(16(18)19)3-4-8(14-10)15-11/h3-4,6H,5,11H2,1-2H3,(H,13,17)(H2,12,14,15). The first-order valence-electron chi connectivity index (χ1n) is 5.59. The molecule has 1 rings (SSSR count). The topological polar surface area (TPSA) is 135 Å². The van der Waals surface area contributed by atoms with Crippen LogP contribution in [-0.4, -0.2) is 28.4 Å². The Morgan fingerprint density at radius 3 is 2.74 bits per heavy atom. The lowest BCUT2D eigenvalue weighted by Crippen LogP contribution is -2.35. The number of nitro groups is 1. The van der Waals surface area contributed by atoms with E-state index in [4.69, 9.17) is 5.84 Å². The number of nitrogens with two attached hydrogens (primary N) is 1. The summed E-state index contributed by atoms with van der Waals surface area (Å²) in [5.74, 6) is 5.14. The number of carbonyl (C=O) groups is 1. The van der Waals surface area contributed by atoms with Crippen LogP contribution in [-0.2, 0) is 4.79 Å². The van der Waals surface area contributed by atoms with Crippen LogP contribution in [0, 0.1) is 10.1 Å². The number of nitrogen functional groups attached to an aromatic ring is 1. The Balaban J connectivity index is 2.80. The van der Waals surface area contributed by atoms with E-state index in [2.05, 4.69) is 21.0 Å². The van der Waals surface area contributed by atoms with Gasteiger partial charge in [-0.15, -0.1) is 0 Å². The van der Waals surface area contributed by atoms with Crippen molar-refractivity contribution >= 4 is 23.2 Å². The summed E-state index contributed by atoms with van der Waals surface area (Å²) in [7, 11) is 0. The van der Waals surface area contributed by atoms with E-state index in [0.29, 0.717) is 0 Å². The van der Waals surface area contributed by atoms with E-state index >= 15 is 0 Å². The van der Waals surface area contributed by atoms with Crippen molar-refractivity contribution in [2.24, 2.45) is 5.84 Å². The Kier molecular flexibility index (Phi) is 5.01. The van der Waals surface area contributed by atoms with E-state index in [1.807, 2.05) is 13.8 Å². The Morgan fingerprint density at radius 2 is 2.21 bits per heavy atom. The number of pyridine rings is 1. The highest BCUT2D eigenvalue weighted by molar-refractivity contribution is 5.81. The normalized spacial score (nSPS) is 10.1. The molecule has 5 N–H and O–H groups in total. The molecule has 0 fully saturated rings. The molecule has 0 aromatic carbocycles. The SMILES string of the molecule is CC(C)NC(=O)CNc1nc(NN)ccc1[N+](=O)[O-]. The van der Waals surface area contributed by atoms with E-state index in [-0.39, 0.29) is 35.8 Å². The van der Waals surface area contributed by atoms with Crippen LogP contribution in [0.5, 0.6) is 0 Å². The largest absolute Gasteiger partial charge is 0.355 e. The highest BCUT2D eigenvalue weighted by Crippen LogP contribution is 2.23. The zero-order valence-electron chi connectivity index (χ0n) is 10.6. The van der Waals surface area contributed by atoms with Gasteiger partial charge in [-0.25, -0.2) is 10.8 Å². The fourth-order valence-corrected chi connectivity index (χ4v) is 1.35. The van der Waals surface area contributed by atoms with Gasteiger partial charge in [0, 0.05) is 12.1 Å². The minimum atomic E-state index is -0.587. The Hall–Kier alpha value is -2.42. The number of hydrogen-bond acceptors (Lipinski definition) is 7. The fourth-order valence-electron chi connectivity index (χ4n) is 1.35. The molecular formula is C10H16N6O3. The second kappa shape index (κ2) is 6.50. The van der Waals surface area contributed by atoms with Crippen LogP contribution in [0.2, 0.25) is 0 Å². The van der Waals surface area contributed by atoms with Gasteiger partial charge < -0.3 is 16.1 Å². The molecule has 19 heavy (non-hydrogen) atoms. The number of hydrogen-bond donors (Lipinski definition) is 4. The monoisotopic (exact) mass is 268 g/mol. The molecule has 1 aromatic rings. The molecule has 0 saturated carbocycles. The van der Waals surface area contributed by atoms with Crippen molar-refractivity contribution in [1.29, 1.82) is 0 Å². The molecule has 0 aliphatic heterocycles. The maximum Gasteiger partial charge on any atom is 0.311 e. The summed E-state index contributed by atoms with van der Waals surface area (Å²) >= 11 is 0. The van der Waals surface area contributed by atoms with Crippen molar-refractivity contribution in [1.82, 2.24) is 10.3 Å². The predicted octanol–water partition coefficient (Wildman–Crippen LogP) is 0.212. The smallest absolute Gasteiger partial charge is 0.311 e. The van der Waals surface area contributed by atoms with Crippen molar-refractivity contribution in [2.75, 3.05) is 17.3 Å². The van der Waals surface area contributed by atoms with Gasteiger partial charge in [0.05, 0.1) is 11.5 Å². The van der Waals surface area contributed by atoms with Gasteiger partial charge in [-0.2, -0.15) is 0 Å². The van der Waals surface area contributed by atoms with Crippen molar-refractivity contribution in [3.05, 3.63) is 22.2 Å². The minimum absolute atomic E-state index is 0.00529. The Bertz CT molecular complexity index is 476. The average Bonchev–Trinajstić information content (AvgIpc) is 2.34. The molecule has 0 unspecified atom stereocenters. The molecule has 1 aromatic heterocycles. The Morgan fingerprint density at radius 1 is 1.53 bits per heavy atom. The van der Waals surface area contributed by atoms with Gasteiger partial charge in [-0.1, -0.05) is 0 Å². The molecule has 0 radical (unpaired) electrons. The first kappa shape index (κ1) is 14.6. The predicted molar refractivity (Wildman–Crippen MR) is 70.5 cm³/mol. The number of anilines is 2. The molecule has 0 bridgehead atoms. The van der Waals surface area contributed by atoms with Crippen molar-refractivity contribution < 1.29 is 9.72 Å². The quantitative estimate of drug-likeness (QED) is 0.329. The van der Waals surface area contributed by atoms with Crippen LogP contribution in [0.3, 0.4) is 0 Å². The third kappa shape index (κ3) is 4.39. The number of rotatable bonds is 6. The third-order valence-electron chi connectivity index (χ3n) is 2.08. The zero-order valence-corrected chi connectivity index (χ0v) is 10.6. The number of nitrogens with one attached hydrogen (secondary N) is 3. The van der Waals surface area contributed by atoms with Crippen LogP contribution >= 0.6 is 0 Å². The lowest BCUT2D eigenvalue weighted by atomic mass is 10.3. The summed E-state index contributed by atoms with van der Waals surface area (Å²) in [5.41, 5.74) is 2.05. The van der Waals surface area contributed by atoms with Crippen molar-refractivity contribution in [3.8, 4) is 0 Å². The number of amides is 1. The van der Waals surface area contributed by atoms with E-state index in [1.165, 1.54) is 12.1 Å². The van der Waals surface area contributed by atoms with E-state index in [0.717, 1.165) is 0 Å². The third-order valence-corrected chi connectivity index (χ3v) is 2.08. The van der Waals surface area contributed by atoms with E-state index in [1.54, 1.807) is 0 Å². The zero-order chi connectivity index (χ0) is 14.4. The van der Waals surface area contributed by atoms with Gasteiger partial charge in [0.15, 0.2) is 0 Å². The van der Waals surface area contributed by atoms with Gasteiger partial charge in [0.25, 0.3) is 0 Å². The first-order valence-corrected chi connectivity index (χ1v) is 5.59. The van der Waals surface area contributed by atoms with Crippen LogP contribution in [0.4, 0.5) is 17.3 Å². The molecule has 0 aliphatic rings. The molecule has 9 nitrogen and oxygen atoms in total. The lowest BCUT2D eigenvalue weighted by molar-refractivity contribution is -0.384. The second-order valence-electron chi connectivity index (χ2n) is 4.04. The number of aromatic nitrogens is 1. The van der Waals surface area contributed by atoms with Gasteiger partial charge in [-0.3, -0.25) is 14.9 Å². The maximum absolute atomic E-state index is 11.5. The van der Waals surface area contributed by atoms with Crippen LogP contribution in [0.15, 0.2) is 12.1 Å². The lowest BCUT2D eigenvalue weighted by Gasteiger charge is -2.10. The highest BCUT2D eigenvalue weighted by Gasteiger charge is 2.16. The summed E-state index contributed by atoms with van der Waals surface area (Å²) < 4.78 is 0. The van der Waals surface area contributed by atoms with Gasteiger partial charge in [-0.05, 0) is 19.9 Å². The van der Waals surface area contributed by atoms with Crippen LogP contribution < -0.4 is 21.9 Å². The van der Waals surface area contributed by atoms with Crippen molar-refractivity contribution in [2.45, 2.75) is 19.9 Å². The van der Waals surface area contributed by atoms with E-state index in [9.17, 15) is 14.9 Å². The van der Waals surface area contributed by atoms with E-state index < -0.39 is 4.92 Å². The average molecular weight is 268 g/mol. The van der Waals surface area contributed by atoms with Gasteiger partial charge in [0.2, 0.25) is 11.7 Å². The first-order chi connectivity index (χ1) is 8.93. The van der Waals surface area contributed by atoms with Crippen LogP contribution in [0.1, 0.15) is 13.8 Å². The number of nitrogens with zero attached hydrogens (tertiary/aromatic N) is 2. The van der Waals surface area contributed by atoms with Crippen molar-refractivity contribution in [3.63, 3.8) is 0 Å². The molecule has 1 heterocycles. The Labute approximate surface area is 109 Å². The van der Waals surface area contributed by atoms with Crippen LogP contribution in [0.25, 0.3) is 0 Å². The maximum atomic E-state index is 11.5. The molecule has 0 saturated heterocycles. The second-order valence-corrected chi connectivity index (χ2v) is 4.04. The molecule has 104 valence electrons. The molecule has 1 amide bonds. The summed E-state index contributed by atoms with van der Waals surface area (Å²) in [6.45, 7) is 3.52.